The molecule has 24 heavy (non-hydrogen) atoms. The van der Waals surface area contributed by atoms with E-state index in [0.29, 0.717) is 32.5 Å². The van der Waals surface area contributed by atoms with E-state index in [9.17, 15) is 9.59 Å². The van der Waals surface area contributed by atoms with Crippen molar-refractivity contribution in [3.8, 4) is 0 Å². The lowest BCUT2D eigenvalue weighted by Crippen LogP contribution is -2.57. The highest BCUT2D eigenvalue weighted by atomic mass is 16.5. The molecule has 1 heterocycles. The van der Waals surface area contributed by atoms with Crippen LogP contribution in [0.2, 0.25) is 0 Å². The Labute approximate surface area is 143 Å². The normalized spacial score (nSPS) is 30.6. The Kier molecular flexibility index (Phi) is 5.64. The topological polar surface area (TPSA) is 78.9 Å². The average molecular weight is 338 g/mol. The van der Waals surface area contributed by atoms with Crippen molar-refractivity contribution in [2.45, 2.75) is 75.9 Å². The fourth-order valence-electron chi connectivity index (χ4n) is 4.44. The predicted octanol–water partition coefficient (Wildman–Crippen LogP) is 2.76. The van der Waals surface area contributed by atoms with E-state index in [-0.39, 0.29) is 23.6 Å². The minimum Gasteiger partial charge on any atom is -0.481 e. The highest BCUT2D eigenvalue weighted by molar-refractivity contribution is 5.75. The summed E-state index contributed by atoms with van der Waals surface area (Å²) in [7, 11) is 0. The van der Waals surface area contributed by atoms with Gasteiger partial charge in [-0.1, -0.05) is 25.7 Å². The van der Waals surface area contributed by atoms with Crippen LogP contribution in [-0.4, -0.2) is 53.3 Å². The van der Waals surface area contributed by atoms with Gasteiger partial charge in [-0.2, -0.15) is 0 Å². The van der Waals surface area contributed by atoms with Crippen LogP contribution in [0.25, 0.3) is 0 Å². The van der Waals surface area contributed by atoms with E-state index < -0.39 is 5.97 Å². The Morgan fingerprint density at radius 2 is 1.71 bits per heavy atom. The van der Waals surface area contributed by atoms with Gasteiger partial charge in [-0.25, -0.2) is 4.79 Å². The number of carbonyl (C=O) groups excluding carboxylic acids is 1. The van der Waals surface area contributed by atoms with Crippen molar-refractivity contribution in [2.75, 3.05) is 19.7 Å². The molecule has 1 saturated heterocycles. The van der Waals surface area contributed by atoms with Crippen LogP contribution in [0.15, 0.2) is 0 Å². The summed E-state index contributed by atoms with van der Waals surface area (Å²) >= 11 is 0. The maximum Gasteiger partial charge on any atom is 0.317 e. The van der Waals surface area contributed by atoms with Crippen LogP contribution in [-0.2, 0) is 9.53 Å². The first kappa shape index (κ1) is 17.5. The molecule has 0 aromatic rings. The lowest BCUT2D eigenvalue weighted by molar-refractivity contribution is -0.142. The van der Waals surface area contributed by atoms with Crippen molar-refractivity contribution in [3.05, 3.63) is 0 Å². The van der Waals surface area contributed by atoms with E-state index in [1.54, 1.807) is 0 Å². The number of carbonyl (C=O) groups is 2. The second kappa shape index (κ2) is 7.72. The molecule has 6 nitrogen and oxygen atoms in total. The molecule has 1 aliphatic heterocycles. The summed E-state index contributed by atoms with van der Waals surface area (Å²) < 4.78 is 6.11. The third kappa shape index (κ3) is 4.21. The van der Waals surface area contributed by atoms with Crippen LogP contribution in [0.5, 0.6) is 0 Å². The Hall–Kier alpha value is -1.30. The maximum absolute atomic E-state index is 12.6. The van der Waals surface area contributed by atoms with E-state index in [4.69, 9.17) is 9.84 Å². The largest absolute Gasteiger partial charge is 0.481 e. The molecule has 2 aliphatic carbocycles. The van der Waals surface area contributed by atoms with Gasteiger partial charge in [0.1, 0.15) is 0 Å². The second-order valence-electron chi connectivity index (χ2n) is 7.70. The van der Waals surface area contributed by atoms with Gasteiger partial charge in [0.25, 0.3) is 0 Å². The second-order valence-corrected chi connectivity index (χ2v) is 7.70. The number of urea groups is 1. The van der Waals surface area contributed by atoms with Crippen molar-refractivity contribution >= 4 is 12.0 Å². The van der Waals surface area contributed by atoms with Crippen LogP contribution in [0, 0.1) is 5.92 Å². The van der Waals surface area contributed by atoms with Gasteiger partial charge in [0.2, 0.25) is 0 Å². The van der Waals surface area contributed by atoms with Crippen molar-refractivity contribution in [1.29, 1.82) is 0 Å². The predicted molar refractivity (Wildman–Crippen MR) is 89.9 cm³/mol. The number of carboxylic acids is 1. The molecule has 2 saturated carbocycles. The Balaban J connectivity index is 1.50. The van der Waals surface area contributed by atoms with Crippen LogP contribution in [0.3, 0.4) is 0 Å². The molecule has 0 unspecified atom stereocenters. The molecule has 0 bridgehead atoms. The number of hydrogen-bond acceptors (Lipinski definition) is 3. The van der Waals surface area contributed by atoms with Gasteiger partial charge in [0.05, 0.1) is 24.7 Å². The van der Waals surface area contributed by atoms with E-state index in [2.05, 4.69) is 5.32 Å². The molecular weight excluding hydrogens is 308 g/mol. The summed E-state index contributed by atoms with van der Waals surface area (Å²) in [5, 5.41) is 12.2. The highest BCUT2D eigenvalue weighted by Gasteiger charge is 2.39. The molecule has 136 valence electrons. The number of hydrogen-bond donors (Lipinski definition) is 2. The lowest BCUT2D eigenvalue weighted by Gasteiger charge is -2.43. The summed E-state index contributed by atoms with van der Waals surface area (Å²) in [5.74, 6) is -0.945. The summed E-state index contributed by atoms with van der Waals surface area (Å²) in [6.45, 7) is 1.97. The molecule has 3 fully saturated rings. The van der Waals surface area contributed by atoms with Crippen molar-refractivity contribution in [2.24, 2.45) is 5.92 Å². The molecule has 3 aliphatic rings. The molecule has 1 spiro atoms. The minimum absolute atomic E-state index is 0.000645. The third-order valence-electron chi connectivity index (χ3n) is 5.95. The van der Waals surface area contributed by atoms with Gasteiger partial charge in [0, 0.05) is 12.6 Å². The molecule has 0 aromatic carbocycles. The zero-order chi connectivity index (χ0) is 17.0. The minimum atomic E-state index is -0.705. The van der Waals surface area contributed by atoms with Gasteiger partial charge in [-0.3, -0.25) is 4.79 Å². The van der Waals surface area contributed by atoms with Crippen LogP contribution in [0.4, 0.5) is 4.79 Å². The smallest absolute Gasteiger partial charge is 0.317 e. The van der Waals surface area contributed by atoms with Gasteiger partial charge in [0.15, 0.2) is 0 Å². The molecule has 0 atom stereocenters. The van der Waals surface area contributed by atoms with Crippen molar-refractivity contribution < 1.29 is 19.4 Å². The Bertz CT molecular complexity index is 452. The molecule has 2 amide bonds. The van der Waals surface area contributed by atoms with E-state index in [0.717, 1.165) is 25.7 Å². The fraction of sp³-hybridized carbons (Fsp3) is 0.889. The number of rotatable bonds is 2. The number of amides is 2. The SMILES string of the molecule is O=C(O)C1CCC(NC(=O)N2CCOC3(CCCCCC3)C2)CC1. The standard InChI is InChI=1S/C18H30N2O4/c21-16(22)14-5-7-15(8-6-14)19-17(23)20-11-12-24-18(13-20)9-3-1-2-4-10-18/h14-15H,1-13H2,(H,19,23)(H,21,22). The van der Waals surface area contributed by atoms with Crippen molar-refractivity contribution in [1.82, 2.24) is 10.2 Å². The monoisotopic (exact) mass is 338 g/mol. The maximum atomic E-state index is 12.6. The number of ether oxygens (including phenoxy) is 1. The van der Waals surface area contributed by atoms with Gasteiger partial charge in [-0.15, -0.1) is 0 Å². The first-order chi connectivity index (χ1) is 11.6. The third-order valence-corrected chi connectivity index (χ3v) is 5.95. The van der Waals surface area contributed by atoms with Gasteiger partial charge >= 0.3 is 12.0 Å². The average Bonchev–Trinajstić information content (AvgIpc) is 2.81. The van der Waals surface area contributed by atoms with E-state index in [1.165, 1.54) is 25.7 Å². The highest BCUT2D eigenvalue weighted by Crippen LogP contribution is 2.33. The molecule has 3 rings (SSSR count). The first-order valence-electron chi connectivity index (χ1n) is 9.50. The summed E-state index contributed by atoms with van der Waals surface area (Å²) in [4.78, 5) is 25.6. The van der Waals surface area contributed by atoms with Crippen LogP contribution >= 0.6 is 0 Å². The Morgan fingerprint density at radius 1 is 1.04 bits per heavy atom. The number of carboxylic acid groups (broad SMARTS) is 1. The summed E-state index contributed by atoms with van der Waals surface area (Å²) in [6.07, 6.45) is 9.87. The van der Waals surface area contributed by atoms with Gasteiger partial charge < -0.3 is 20.1 Å². The van der Waals surface area contributed by atoms with Gasteiger partial charge in [-0.05, 0) is 38.5 Å². The lowest BCUT2D eigenvalue weighted by atomic mass is 9.86. The molecule has 6 heteroatoms. The number of nitrogens with one attached hydrogen (secondary N) is 1. The van der Waals surface area contributed by atoms with E-state index in [1.807, 2.05) is 4.90 Å². The molecule has 0 radical (unpaired) electrons. The van der Waals surface area contributed by atoms with Crippen LogP contribution < -0.4 is 5.32 Å². The zero-order valence-electron chi connectivity index (χ0n) is 14.5. The molecular formula is C18H30N2O4. The number of aliphatic carboxylic acids is 1. The quantitative estimate of drug-likeness (QED) is 0.811. The van der Waals surface area contributed by atoms with Crippen molar-refractivity contribution in [3.63, 3.8) is 0 Å². The van der Waals surface area contributed by atoms with E-state index >= 15 is 0 Å². The number of morpholine rings is 1. The summed E-state index contributed by atoms with van der Waals surface area (Å²) in [5.41, 5.74) is -0.132. The molecule has 2 N–H and O–H groups in total. The van der Waals surface area contributed by atoms with Crippen LogP contribution in [0.1, 0.15) is 64.2 Å². The summed E-state index contributed by atoms with van der Waals surface area (Å²) in [6, 6.07) is 0.113. The fourth-order valence-corrected chi connectivity index (χ4v) is 4.44. The molecule has 0 aromatic heterocycles. The number of nitrogens with zero attached hydrogens (tertiary/aromatic N) is 1. The Morgan fingerprint density at radius 3 is 2.33 bits per heavy atom. The zero-order valence-corrected chi connectivity index (χ0v) is 14.5. The first-order valence-corrected chi connectivity index (χ1v) is 9.50.